The van der Waals surface area contributed by atoms with E-state index in [1.54, 1.807) is 0 Å². The Hall–Kier alpha value is -1.14. The van der Waals surface area contributed by atoms with Gasteiger partial charge in [0.15, 0.2) is 0 Å². The van der Waals surface area contributed by atoms with E-state index in [1.807, 2.05) is 11.8 Å². The third-order valence-corrected chi connectivity index (χ3v) is 4.29. The molecule has 0 saturated carbocycles. The Labute approximate surface area is 126 Å². The molecule has 6 heteroatoms. The van der Waals surface area contributed by atoms with Crippen LogP contribution in [0.4, 0.5) is 0 Å². The number of esters is 1. The minimum absolute atomic E-state index is 0.109. The smallest absolute Gasteiger partial charge is 0.310 e. The molecule has 2 aliphatic rings. The zero-order valence-corrected chi connectivity index (χ0v) is 12.9. The highest BCUT2D eigenvalue weighted by atomic mass is 16.5. The van der Waals surface area contributed by atoms with E-state index >= 15 is 0 Å². The van der Waals surface area contributed by atoms with E-state index in [0.717, 1.165) is 45.3 Å². The van der Waals surface area contributed by atoms with Gasteiger partial charge in [0.05, 0.1) is 19.1 Å². The molecule has 0 bridgehead atoms. The number of piperidine rings is 2. The summed E-state index contributed by atoms with van der Waals surface area (Å²) in [7, 11) is 0. The van der Waals surface area contributed by atoms with Gasteiger partial charge in [-0.2, -0.15) is 0 Å². The third-order valence-electron chi connectivity index (χ3n) is 4.29. The molecule has 2 aliphatic heterocycles. The van der Waals surface area contributed by atoms with Crippen molar-refractivity contribution in [3.8, 4) is 0 Å². The number of hydrogen-bond donors (Lipinski definition) is 1. The summed E-state index contributed by atoms with van der Waals surface area (Å²) in [5, 5.41) is 0. The standard InChI is InChI=1S/C15H27N3O3/c1-2-21-15(20)12-5-3-8-18(9-12)14(19)11-17-7-4-6-13(16)10-17/h12-13H,2-11,16H2,1H3/t12?,13-/m1/s1. The van der Waals surface area contributed by atoms with Crippen LogP contribution in [0.5, 0.6) is 0 Å². The number of nitrogens with two attached hydrogens (primary N) is 1. The minimum atomic E-state index is -0.171. The van der Waals surface area contributed by atoms with Crippen LogP contribution in [0.2, 0.25) is 0 Å². The van der Waals surface area contributed by atoms with Crippen LogP contribution in [-0.2, 0) is 14.3 Å². The van der Waals surface area contributed by atoms with Crippen molar-refractivity contribution in [3.63, 3.8) is 0 Å². The van der Waals surface area contributed by atoms with Gasteiger partial charge < -0.3 is 15.4 Å². The SMILES string of the molecule is CCOC(=O)C1CCCN(C(=O)CN2CCC[C@@H](N)C2)C1. The van der Waals surface area contributed by atoms with Gasteiger partial charge in [-0.1, -0.05) is 0 Å². The molecular weight excluding hydrogens is 270 g/mol. The number of likely N-dealkylation sites (tertiary alicyclic amines) is 2. The van der Waals surface area contributed by atoms with Gasteiger partial charge in [-0.15, -0.1) is 0 Å². The van der Waals surface area contributed by atoms with Crippen LogP contribution >= 0.6 is 0 Å². The third kappa shape index (κ3) is 4.68. The molecule has 2 fully saturated rings. The molecule has 2 heterocycles. The molecule has 1 unspecified atom stereocenters. The molecule has 2 saturated heterocycles. The largest absolute Gasteiger partial charge is 0.466 e. The summed E-state index contributed by atoms with van der Waals surface area (Å²) in [6, 6.07) is 0.181. The van der Waals surface area contributed by atoms with Gasteiger partial charge in [0, 0.05) is 25.7 Å². The number of ether oxygens (including phenoxy) is 1. The Morgan fingerprint density at radius 2 is 1.95 bits per heavy atom. The predicted octanol–water partition coefficient (Wildman–Crippen LogP) is 0.211. The van der Waals surface area contributed by atoms with Crippen molar-refractivity contribution in [2.45, 2.75) is 38.6 Å². The molecule has 0 spiro atoms. The maximum atomic E-state index is 12.4. The number of carbonyl (C=O) groups is 2. The molecule has 120 valence electrons. The molecule has 0 aromatic heterocycles. The van der Waals surface area contributed by atoms with E-state index < -0.39 is 0 Å². The first kappa shape index (κ1) is 16.2. The summed E-state index contributed by atoms with van der Waals surface area (Å²) in [6.45, 7) is 5.60. The van der Waals surface area contributed by atoms with Gasteiger partial charge in [0.1, 0.15) is 0 Å². The molecule has 6 nitrogen and oxygen atoms in total. The first-order valence-electron chi connectivity index (χ1n) is 8.02. The molecule has 2 rings (SSSR count). The second-order valence-corrected chi connectivity index (χ2v) is 6.07. The second kappa shape index (κ2) is 7.75. The Morgan fingerprint density at radius 3 is 2.67 bits per heavy atom. The molecule has 1 amide bonds. The normalized spacial score (nSPS) is 27.4. The Kier molecular flexibility index (Phi) is 5.99. The lowest BCUT2D eigenvalue weighted by molar-refractivity contribution is -0.151. The van der Waals surface area contributed by atoms with Crippen molar-refractivity contribution in [2.24, 2.45) is 11.7 Å². The topological polar surface area (TPSA) is 75.9 Å². The van der Waals surface area contributed by atoms with Gasteiger partial charge in [-0.05, 0) is 39.2 Å². The lowest BCUT2D eigenvalue weighted by Gasteiger charge is -2.35. The molecule has 0 aromatic carbocycles. The fraction of sp³-hybridized carbons (Fsp3) is 0.867. The van der Waals surface area contributed by atoms with Crippen molar-refractivity contribution >= 4 is 11.9 Å². The molecule has 2 N–H and O–H groups in total. The quantitative estimate of drug-likeness (QED) is 0.751. The van der Waals surface area contributed by atoms with E-state index in [0.29, 0.717) is 19.7 Å². The Balaban J connectivity index is 1.82. The van der Waals surface area contributed by atoms with Gasteiger partial charge in [0.2, 0.25) is 5.91 Å². The monoisotopic (exact) mass is 297 g/mol. The van der Waals surface area contributed by atoms with Crippen LogP contribution in [0.3, 0.4) is 0 Å². The van der Waals surface area contributed by atoms with Crippen LogP contribution in [0.1, 0.15) is 32.6 Å². The van der Waals surface area contributed by atoms with Crippen molar-refractivity contribution in [3.05, 3.63) is 0 Å². The maximum absolute atomic E-state index is 12.4. The number of hydrogen-bond acceptors (Lipinski definition) is 5. The van der Waals surface area contributed by atoms with Crippen LogP contribution < -0.4 is 5.73 Å². The van der Waals surface area contributed by atoms with Crippen molar-refractivity contribution in [1.29, 1.82) is 0 Å². The predicted molar refractivity (Wildman–Crippen MR) is 79.6 cm³/mol. The number of nitrogens with zero attached hydrogens (tertiary/aromatic N) is 2. The van der Waals surface area contributed by atoms with Gasteiger partial charge in [-0.25, -0.2) is 0 Å². The molecule has 0 aromatic rings. The lowest BCUT2D eigenvalue weighted by Crippen LogP contribution is -2.50. The molecule has 0 radical (unpaired) electrons. The van der Waals surface area contributed by atoms with E-state index in [-0.39, 0.29) is 23.8 Å². The highest BCUT2D eigenvalue weighted by Gasteiger charge is 2.30. The van der Waals surface area contributed by atoms with Gasteiger partial charge in [0.25, 0.3) is 0 Å². The van der Waals surface area contributed by atoms with E-state index in [4.69, 9.17) is 10.5 Å². The van der Waals surface area contributed by atoms with Crippen LogP contribution in [-0.4, -0.2) is 67.0 Å². The van der Waals surface area contributed by atoms with Crippen molar-refractivity contribution < 1.29 is 14.3 Å². The van der Waals surface area contributed by atoms with Crippen LogP contribution in [0, 0.1) is 5.92 Å². The number of amides is 1. The molecule has 0 aliphatic carbocycles. The number of carbonyl (C=O) groups excluding carboxylic acids is 2. The average molecular weight is 297 g/mol. The first-order chi connectivity index (χ1) is 10.1. The zero-order valence-electron chi connectivity index (χ0n) is 12.9. The molecule has 2 atom stereocenters. The average Bonchev–Trinajstić information content (AvgIpc) is 2.47. The second-order valence-electron chi connectivity index (χ2n) is 6.07. The van der Waals surface area contributed by atoms with E-state index in [2.05, 4.69) is 4.90 Å². The van der Waals surface area contributed by atoms with Gasteiger partial charge in [-0.3, -0.25) is 14.5 Å². The Morgan fingerprint density at radius 1 is 1.19 bits per heavy atom. The fourth-order valence-corrected chi connectivity index (χ4v) is 3.18. The summed E-state index contributed by atoms with van der Waals surface area (Å²) in [5.74, 6) is -0.223. The van der Waals surface area contributed by atoms with E-state index in [9.17, 15) is 9.59 Å². The fourth-order valence-electron chi connectivity index (χ4n) is 3.18. The highest BCUT2D eigenvalue weighted by molar-refractivity contribution is 5.80. The van der Waals surface area contributed by atoms with Crippen LogP contribution in [0.25, 0.3) is 0 Å². The summed E-state index contributed by atoms with van der Waals surface area (Å²) >= 11 is 0. The van der Waals surface area contributed by atoms with Crippen LogP contribution in [0.15, 0.2) is 0 Å². The van der Waals surface area contributed by atoms with E-state index in [1.165, 1.54) is 0 Å². The summed E-state index contributed by atoms with van der Waals surface area (Å²) in [5.41, 5.74) is 5.95. The molecule has 21 heavy (non-hydrogen) atoms. The zero-order chi connectivity index (χ0) is 15.2. The first-order valence-corrected chi connectivity index (χ1v) is 8.02. The summed E-state index contributed by atoms with van der Waals surface area (Å²) in [6.07, 6.45) is 3.78. The van der Waals surface area contributed by atoms with Gasteiger partial charge >= 0.3 is 5.97 Å². The number of rotatable bonds is 4. The van der Waals surface area contributed by atoms with Crippen molar-refractivity contribution in [1.82, 2.24) is 9.80 Å². The lowest BCUT2D eigenvalue weighted by atomic mass is 9.98. The molecular formula is C15H27N3O3. The summed E-state index contributed by atoms with van der Waals surface area (Å²) in [4.78, 5) is 28.1. The van der Waals surface area contributed by atoms with Crippen molar-refractivity contribution in [2.75, 3.05) is 39.3 Å². The summed E-state index contributed by atoms with van der Waals surface area (Å²) < 4.78 is 5.07. The minimum Gasteiger partial charge on any atom is -0.466 e. The Bertz CT molecular complexity index is 375. The highest BCUT2D eigenvalue weighted by Crippen LogP contribution is 2.18. The maximum Gasteiger partial charge on any atom is 0.310 e.